The maximum Gasteiger partial charge on any atom is 0.212 e. The van der Waals surface area contributed by atoms with Gasteiger partial charge in [0.2, 0.25) is 22.8 Å². The number of pyridine rings is 4. The van der Waals surface area contributed by atoms with Crippen molar-refractivity contribution in [3.8, 4) is 45.0 Å². The van der Waals surface area contributed by atoms with Gasteiger partial charge in [-0.15, -0.1) is 0 Å². The Morgan fingerprint density at radius 2 is 0.892 bits per heavy atom. The first-order chi connectivity index (χ1) is 45.0. The van der Waals surface area contributed by atoms with Crippen LogP contribution in [0.5, 0.6) is 0 Å². The van der Waals surface area contributed by atoms with Gasteiger partial charge in [-0.3, -0.25) is 0 Å². The third kappa shape index (κ3) is 15.3. The van der Waals surface area contributed by atoms with E-state index in [2.05, 4.69) is 0 Å². The van der Waals surface area contributed by atoms with Crippen LogP contribution in [0.25, 0.3) is 45.0 Å². The van der Waals surface area contributed by atoms with Gasteiger partial charge in [-0.25, -0.2) is 18.3 Å². The molecule has 4 heterocycles. The summed E-state index contributed by atoms with van der Waals surface area (Å²) in [5, 5.41) is 0. The van der Waals surface area contributed by atoms with Crippen LogP contribution in [0.3, 0.4) is 0 Å². The minimum atomic E-state index is -2.77. The monoisotopic (exact) mass is 1010 g/mol. The second-order valence-corrected chi connectivity index (χ2v) is 20.3. The molecule has 4 nitrogen and oxygen atoms in total. The van der Waals surface area contributed by atoms with E-state index in [9.17, 15) is 0 Å². The van der Waals surface area contributed by atoms with Gasteiger partial charge in [0.25, 0.3) is 0 Å². The normalized spacial score (nSPS) is 18.6. The van der Waals surface area contributed by atoms with Crippen molar-refractivity contribution in [1.82, 2.24) is 0 Å². The third-order valence-electron chi connectivity index (χ3n) is 12.6. The summed E-state index contributed by atoms with van der Waals surface area (Å²) in [6.07, 6.45) is 2.64. The molecule has 0 fully saturated rings. The van der Waals surface area contributed by atoms with Crippen molar-refractivity contribution in [2.45, 2.75) is 143 Å². The minimum absolute atomic E-state index is 0.139. The highest BCUT2D eigenvalue weighted by Gasteiger charge is 2.19. The number of aryl methyl sites for hydroxylation is 17. The Labute approximate surface area is 486 Å². The number of nitrogens with zero attached hydrogens (tertiary/aromatic N) is 4. The number of aromatic nitrogens is 4. The van der Waals surface area contributed by atoms with E-state index in [1.807, 2.05) is 89.7 Å². The van der Waals surface area contributed by atoms with E-state index in [1.54, 1.807) is 154 Å². The van der Waals surface area contributed by atoms with Crippen molar-refractivity contribution in [3.63, 3.8) is 0 Å². The zero-order chi connectivity index (χ0) is 76.9. The molecule has 1 atom stereocenters. The van der Waals surface area contributed by atoms with E-state index >= 15 is 0 Å². The number of hydrogen-bond acceptors (Lipinski definition) is 0. The Balaban J connectivity index is 0.000000241. The smallest absolute Gasteiger partial charge is 0.201 e. The van der Waals surface area contributed by atoms with Gasteiger partial charge in [0.15, 0.2) is 24.8 Å². The quantitative estimate of drug-likeness (QED) is 0.141. The summed E-state index contributed by atoms with van der Waals surface area (Å²) in [7, 11) is 7.20. The van der Waals surface area contributed by atoms with Gasteiger partial charge in [0.1, 0.15) is 28.2 Å². The van der Waals surface area contributed by atoms with Crippen LogP contribution < -0.4 is 18.3 Å². The molecule has 0 radical (unpaired) electrons. The largest absolute Gasteiger partial charge is 0.212 e. The molecule has 0 saturated heterocycles. The second-order valence-electron chi connectivity index (χ2n) is 20.3. The molecule has 8 aromatic rings. The van der Waals surface area contributed by atoms with Crippen molar-refractivity contribution in [2.75, 3.05) is 0 Å². The number of benzene rings is 4. The Morgan fingerprint density at radius 1 is 0.446 bits per heavy atom. The lowest BCUT2D eigenvalue weighted by Crippen LogP contribution is -2.32. The molecule has 4 aromatic carbocycles. The topological polar surface area (TPSA) is 15.5 Å². The molecule has 1 unspecified atom stereocenters. The van der Waals surface area contributed by atoms with Crippen LogP contribution in [0.1, 0.15) is 166 Å². The lowest BCUT2D eigenvalue weighted by Gasteiger charge is -2.17. The molecule has 4 heteroatoms. The molecule has 8 rings (SSSR count). The highest BCUT2D eigenvalue weighted by molar-refractivity contribution is 5.66. The summed E-state index contributed by atoms with van der Waals surface area (Å²) in [4.78, 5) is 0. The fraction of sp³-hybridized carbons (Fsp3) is 0.371. The Morgan fingerprint density at radius 3 is 1.35 bits per heavy atom. The first kappa shape index (κ1) is 31.4. The molecule has 0 N–H and O–H groups in total. The predicted molar refractivity (Wildman–Crippen MR) is 316 cm³/mol. The number of rotatable bonds is 7. The lowest BCUT2D eigenvalue weighted by molar-refractivity contribution is -0.661. The Kier molecular flexibility index (Phi) is 10.7. The maximum absolute atomic E-state index is 8.42. The van der Waals surface area contributed by atoms with Crippen LogP contribution in [0, 0.1) is 88.1 Å². The number of hydrogen-bond donors (Lipinski definition) is 0. The highest BCUT2D eigenvalue weighted by atomic mass is 14.9. The molecule has 388 valence electrons. The molecule has 74 heavy (non-hydrogen) atoms. The van der Waals surface area contributed by atoms with E-state index in [-0.39, 0.29) is 22.3 Å². The molecule has 4 aromatic heterocycles. The van der Waals surface area contributed by atoms with Gasteiger partial charge in [-0.2, -0.15) is 0 Å². The van der Waals surface area contributed by atoms with E-state index in [0.717, 1.165) is 72.8 Å². The Bertz CT molecular complexity index is 4150. The molecule has 0 aliphatic carbocycles. The summed E-state index contributed by atoms with van der Waals surface area (Å²) in [5.41, 5.74) is 14.3. The first-order valence-electron chi connectivity index (χ1n) is 37.5. The SMILES string of the molecule is [2H]C([2H])([2H])c1ccc(-c2cc(C)c(C([2H])(C)C([2H])([2H])[2H])cc2C)[n+](C)c1.[2H]C([2H])([2H])c1ccc(-c2cc(C)c(C([2H])([2H])C([2H])([2H])[2H])cc2C)[n+](C)c1.[2H]C([2H])([2H])c1ccc(-c2cc(C)c(C([2H])([2H])[2H])cc2C)[n+](C)c1.[2H]C([2H])([2H])c1ccc(-c2ccc(C([2H])([2H])C(C)(C)C)c[n+]2C)c(C)c1. The molecule has 0 bridgehead atoms. The van der Waals surface area contributed by atoms with Crippen LogP contribution in [0.2, 0.25) is 0 Å². The molecular weight excluding hydrogens is 897 g/mol. The molecule has 0 aliphatic rings. The predicted octanol–water partition coefficient (Wildman–Crippen LogP) is 15.7. The van der Waals surface area contributed by atoms with E-state index < -0.39 is 72.0 Å². The van der Waals surface area contributed by atoms with Crippen molar-refractivity contribution in [1.29, 1.82) is 0 Å². The van der Waals surface area contributed by atoms with Crippen molar-refractivity contribution < 1.29 is 53.9 Å². The van der Waals surface area contributed by atoms with Crippen molar-refractivity contribution >= 4 is 0 Å². The fourth-order valence-corrected chi connectivity index (χ4v) is 8.82. The molecule has 0 spiro atoms. The van der Waals surface area contributed by atoms with Crippen molar-refractivity contribution in [2.24, 2.45) is 33.6 Å². The van der Waals surface area contributed by atoms with E-state index in [0.29, 0.717) is 33.4 Å². The van der Waals surface area contributed by atoms with Crippen LogP contribution >= 0.6 is 0 Å². The highest BCUT2D eigenvalue weighted by Crippen LogP contribution is 2.30. The molecule has 0 amide bonds. The third-order valence-corrected chi connectivity index (χ3v) is 12.6. The average molecular weight is 1020 g/mol. The summed E-state index contributed by atoms with van der Waals surface area (Å²) in [6, 6.07) is 29.3. The van der Waals surface area contributed by atoms with Gasteiger partial charge in [0.05, 0.1) is 0 Å². The Hall–Kier alpha value is -6.52. The van der Waals surface area contributed by atoms with Crippen molar-refractivity contribution in [3.05, 3.63) is 211 Å². The van der Waals surface area contributed by atoms with Gasteiger partial charge < -0.3 is 0 Å². The summed E-state index contributed by atoms with van der Waals surface area (Å²) in [6.45, 7) is 3.78. The molecule has 0 aliphatic heterocycles. The van der Waals surface area contributed by atoms with E-state index in [4.69, 9.17) is 35.6 Å². The fourth-order valence-electron chi connectivity index (χ4n) is 8.82. The summed E-state index contributed by atoms with van der Waals surface area (Å²) in [5.74, 6) is -1.70. The average Bonchev–Trinajstić information content (AvgIpc) is 0.775. The molecular formula is C70H92N4+4. The standard InChI is InChI=1S/C19H26N.C18H24N.C17H22N.C16H20N/c1-14-7-9-17(15(2)11-14)18-10-8-16(13-20(18)6)12-19(3,4)5;1-12(2)16-9-15(5)17(10-14(16)4)18-8-7-13(3)11-19(18)6;1-6-15-9-14(4)16(10-13(15)3)17-8-7-12(2)11-18(17)5;1-11-6-7-16(17(5)10-11)15-9-13(3)12(2)8-14(15)4/h7-11,13H,12H2,1-6H3;7-12H,1-6H3;7-11H,6H2,1-5H3;6-10H,1-5H3/q4*+1/i1D3,12D2;1D3,3D3,12D;1D3,2D3,6D2;1D3,2D3. The van der Waals surface area contributed by atoms with Crippen LogP contribution in [0.4, 0.5) is 0 Å². The van der Waals surface area contributed by atoms with Gasteiger partial charge in [0, 0.05) is 104 Å². The zero-order valence-corrected chi connectivity index (χ0v) is 45.9. The maximum atomic E-state index is 8.42. The van der Waals surface area contributed by atoms with Gasteiger partial charge >= 0.3 is 0 Å². The van der Waals surface area contributed by atoms with Crippen LogP contribution in [-0.4, -0.2) is 0 Å². The molecule has 0 saturated carbocycles. The lowest BCUT2D eigenvalue weighted by atomic mass is 9.88. The first-order valence-corrected chi connectivity index (χ1v) is 24.5. The van der Waals surface area contributed by atoms with Crippen LogP contribution in [-0.2, 0) is 40.9 Å². The second kappa shape index (κ2) is 25.1. The van der Waals surface area contributed by atoms with Gasteiger partial charge in [-0.05, 0) is 211 Å². The van der Waals surface area contributed by atoms with Crippen LogP contribution in [0.15, 0.2) is 128 Å². The van der Waals surface area contributed by atoms with E-state index in [1.165, 1.54) is 6.92 Å². The summed E-state index contributed by atoms with van der Waals surface area (Å²) < 4.78 is 207. The summed E-state index contributed by atoms with van der Waals surface area (Å²) >= 11 is 0. The minimum Gasteiger partial charge on any atom is -0.201 e. The van der Waals surface area contributed by atoms with Gasteiger partial charge in [-0.1, -0.05) is 77.3 Å². The zero-order valence-electron chi connectivity index (χ0n) is 71.9.